The average Bonchev–Trinajstić information content (AvgIpc) is 2.89. The van der Waals surface area contributed by atoms with Crippen LogP contribution in [0, 0.1) is 0 Å². The number of para-hydroxylation sites is 2. The van der Waals surface area contributed by atoms with E-state index in [1.165, 1.54) is 0 Å². The van der Waals surface area contributed by atoms with Gasteiger partial charge in [-0.2, -0.15) is 0 Å². The van der Waals surface area contributed by atoms with Gasteiger partial charge >= 0.3 is 0 Å². The number of carbonyl (C=O) groups excluding carboxylic acids is 1. The van der Waals surface area contributed by atoms with Crippen LogP contribution in [0.2, 0.25) is 5.02 Å². The van der Waals surface area contributed by atoms with E-state index in [4.69, 9.17) is 11.6 Å². The van der Waals surface area contributed by atoms with Gasteiger partial charge < -0.3 is 0 Å². The van der Waals surface area contributed by atoms with Crippen LogP contribution < -0.4 is 0 Å². The Kier molecular flexibility index (Phi) is 2.98. The first-order chi connectivity index (χ1) is 10.8. The molecular weight excluding hydrogens is 294 g/mol. The summed E-state index contributed by atoms with van der Waals surface area (Å²) in [5, 5.41) is 2.72. The van der Waals surface area contributed by atoms with Crippen LogP contribution in [-0.2, 0) is 0 Å². The number of carbonyl (C=O) groups is 1. The maximum absolute atomic E-state index is 13.0. The number of aromatic nitrogens is 1. The van der Waals surface area contributed by atoms with E-state index in [0.717, 1.165) is 21.8 Å². The summed E-state index contributed by atoms with van der Waals surface area (Å²) in [4.78, 5) is 13.0. The lowest BCUT2D eigenvalue weighted by atomic mass is 10.2. The van der Waals surface area contributed by atoms with Crippen molar-refractivity contribution in [3.8, 4) is 0 Å². The Labute approximate surface area is 132 Å². The Hall–Kier alpha value is -2.58. The quantitative estimate of drug-likeness (QED) is 0.477. The van der Waals surface area contributed by atoms with E-state index in [1.54, 1.807) is 28.8 Å². The third-order valence-corrected chi connectivity index (χ3v) is 4.09. The number of nitrogens with zero attached hydrogens (tertiary/aromatic N) is 1. The largest absolute Gasteiger partial charge is 0.276 e. The molecule has 0 saturated carbocycles. The zero-order chi connectivity index (χ0) is 15.1. The summed E-state index contributed by atoms with van der Waals surface area (Å²) in [6, 6.07) is 22.9. The highest BCUT2D eigenvalue weighted by atomic mass is 35.5. The van der Waals surface area contributed by atoms with Crippen molar-refractivity contribution in [2.75, 3.05) is 0 Å². The maximum Gasteiger partial charge on any atom is 0.262 e. The number of fused-ring (bicyclic) bond motifs is 3. The van der Waals surface area contributed by atoms with Crippen LogP contribution in [0.4, 0.5) is 0 Å². The minimum absolute atomic E-state index is 0.0695. The number of rotatable bonds is 1. The third kappa shape index (κ3) is 1.92. The van der Waals surface area contributed by atoms with Crippen molar-refractivity contribution in [2.24, 2.45) is 0 Å². The molecule has 0 saturated heterocycles. The first kappa shape index (κ1) is 13.1. The molecule has 3 heteroatoms. The summed E-state index contributed by atoms with van der Waals surface area (Å²) in [6.45, 7) is 0. The smallest absolute Gasteiger partial charge is 0.262 e. The van der Waals surface area contributed by atoms with E-state index >= 15 is 0 Å². The predicted octanol–water partition coefficient (Wildman–Crippen LogP) is 5.14. The molecule has 0 unspecified atom stereocenters. The minimum Gasteiger partial charge on any atom is -0.276 e. The zero-order valence-electron chi connectivity index (χ0n) is 11.7. The fourth-order valence-corrected chi connectivity index (χ4v) is 3.08. The number of hydrogen-bond donors (Lipinski definition) is 0. The molecule has 0 aliphatic heterocycles. The van der Waals surface area contributed by atoms with Gasteiger partial charge in [-0.15, -0.1) is 0 Å². The molecule has 0 spiro atoms. The van der Waals surface area contributed by atoms with Crippen LogP contribution in [0.15, 0.2) is 72.8 Å². The summed E-state index contributed by atoms with van der Waals surface area (Å²) >= 11 is 6.03. The molecule has 0 bridgehead atoms. The van der Waals surface area contributed by atoms with Crippen LogP contribution >= 0.6 is 11.6 Å². The predicted molar refractivity (Wildman–Crippen MR) is 90.6 cm³/mol. The molecule has 106 valence electrons. The van der Waals surface area contributed by atoms with Crippen LogP contribution in [0.1, 0.15) is 10.4 Å². The van der Waals surface area contributed by atoms with Crippen LogP contribution in [-0.4, -0.2) is 10.5 Å². The lowest BCUT2D eigenvalue weighted by molar-refractivity contribution is 0.0969. The molecule has 1 heterocycles. The van der Waals surface area contributed by atoms with Gasteiger partial charge in [0.15, 0.2) is 0 Å². The molecule has 0 N–H and O–H groups in total. The van der Waals surface area contributed by atoms with Gasteiger partial charge in [0, 0.05) is 21.4 Å². The fourth-order valence-electron chi connectivity index (χ4n) is 2.89. The SMILES string of the molecule is O=C(c1cccc(Cl)c1)n1c2ccccc2c2ccccc21. The zero-order valence-corrected chi connectivity index (χ0v) is 12.4. The van der Waals surface area contributed by atoms with Gasteiger partial charge in [-0.3, -0.25) is 9.36 Å². The molecule has 0 fully saturated rings. The van der Waals surface area contributed by atoms with Crippen molar-refractivity contribution >= 4 is 39.3 Å². The summed E-state index contributed by atoms with van der Waals surface area (Å²) in [5.41, 5.74) is 2.40. The van der Waals surface area contributed by atoms with Crippen molar-refractivity contribution in [1.82, 2.24) is 4.57 Å². The maximum atomic E-state index is 13.0. The van der Waals surface area contributed by atoms with Gasteiger partial charge in [-0.1, -0.05) is 54.1 Å². The minimum atomic E-state index is -0.0695. The normalized spacial score (nSPS) is 11.1. The number of benzene rings is 3. The van der Waals surface area contributed by atoms with E-state index in [2.05, 4.69) is 0 Å². The Morgan fingerprint density at radius 1 is 0.773 bits per heavy atom. The molecule has 3 aromatic carbocycles. The Morgan fingerprint density at radius 2 is 1.36 bits per heavy atom. The Morgan fingerprint density at radius 3 is 1.95 bits per heavy atom. The molecule has 4 aromatic rings. The van der Waals surface area contributed by atoms with Gasteiger partial charge in [0.25, 0.3) is 5.91 Å². The molecule has 0 radical (unpaired) electrons. The first-order valence-electron chi connectivity index (χ1n) is 7.04. The van der Waals surface area contributed by atoms with Crippen molar-refractivity contribution < 1.29 is 4.79 Å². The van der Waals surface area contributed by atoms with Gasteiger partial charge in [0.1, 0.15) is 0 Å². The second kappa shape index (κ2) is 5.00. The molecule has 0 aliphatic carbocycles. The summed E-state index contributed by atoms with van der Waals surface area (Å²) in [7, 11) is 0. The van der Waals surface area contributed by atoms with E-state index in [9.17, 15) is 4.79 Å². The van der Waals surface area contributed by atoms with Crippen molar-refractivity contribution in [3.05, 3.63) is 83.4 Å². The van der Waals surface area contributed by atoms with Gasteiger partial charge in [-0.05, 0) is 30.3 Å². The lowest BCUT2D eigenvalue weighted by Crippen LogP contribution is -2.11. The molecular formula is C19H12ClNO. The van der Waals surface area contributed by atoms with E-state index in [-0.39, 0.29) is 5.91 Å². The van der Waals surface area contributed by atoms with Crippen molar-refractivity contribution in [2.45, 2.75) is 0 Å². The second-order valence-electron chi connectivity index (χ2n) is 5.19. The summed E-state index contributed by atoms with van der Waals surface area (Å²) in [6.07, 6.45) is 0. The standard InChI is InChI=1S/C19H12ClNO/c20-14-7-5-6-13(12-14)19(22)21-17-10-3-1-8-15(17)16-9-2-4-11-18(16)21/h1-12H. The highest BCUT2D eigenvalue weighted by molar-refractivity contribution is 6.31. The molecule has 2 nitrogen and oxygen atoms in total. The monoisotopic (exact) mass is 305 g/mol. The highest BCUT2D eigenvalue weighted by Crippen LogP contribution is 2.29. The topological polar surface area (TPSA) is 22.0 Å². The Balaban J connectivity index is 2.06. The van der Waals surface area contributed by atoms with Crippen LogP contribution in [0.3, 0.4) is 0 Å². The summed E-state index contributed by atoms with van der Waals surface area (Å²) < 4.78 is 1.76. The van der Waals surface area contributed by atoms with Gasteiger partial charge in [0.2, 0.25) is 0 Å². The average molecular weight is 306 g/mol. The fraction of sp³-hybridized carbons (Fsp3) is 0. The number of halogens is 1. The summed E-state index contributed by atoms with van der Waals surface area (Å²) in [5.74, 6) is -0.0695. The molecule has 22 heavy (non-hydrogen) atoms. The first-order valence-corrected chi connectivity index (χ1v) is 7.42. The van der Waals surface area contributed by atoms with Gasteiger partial charge in [0.05, 0.1) is 11.0 Å². The molecule has 0 aliphatic rings. The molecule has 1 aromatic heterocycles. The van der Waals surface area contributed by atoms with Crippen molar-refractivity contribution in [3.63, 3.8) is 0 Å². The Bertz CT molecular complexity index is 963. The molecule has 0 atom stereocenters. The third-order valence-electron chi connectivity index (χ3n) is 3.85. The van der Waals surface area contributed by atoms with E-state index in [1.807, 2.05) is 48.5 Å². The number of hydrogen-bond acceptors (Lipinski definition) is 1. The molecule has 4 rings (SSSR count). The molecule has 0 amide bonds. The van der Waals surface area contributed by atoms with E-state index in [0.29, 0.717) is 10.6 Å². The van der Waals surface area contributed by atoms with Gasteiger partial charge in [-0.25, -0.2) is 0 Å². The van der Waals surface area contributed by atoms with Crippen molar-refractivity contribution in [1.29, 1.82) is 0 Å². The van der Waals surface area contributed by atoms with Crippen LogP contribution in [0.25, 0.3) is 21.8 Å². The van der Waals surface area contributed by atoms with Crippen LogP contribution in [0.5, 0.6) is 0 Å². The van der Waals surface area contributed by atoms with E-state index < -0.39 is 0 Å². The highest BCUT2D eigenvalue weighted by Gasteiger charge is 2.16. The lowest BCUT2D eigenvalue weighted by Gasteiger charge is -2.06. The second-order valence-corrected chi connectivity index (χ2v) is 5.62.